The molecule has 5 rings (SSSR count). The van der Waals surface area contributed by atoms with Gasteiger partial charge >= 0.3 is 0 Å². The fourth-order valence-corrected chi connectivity index (χ4v) is 3.28. The van der Waals surface area contributed by atoms with E-state index in [4.69, 9.17) is 11.6 Å². The lowest BCUT2D eigenvalue weighted by Crippen LogP contribution is -2.01. The molecule has 0 fully saturated rings. The average molecular weight is 391 g/mol. The van der Waals surface area contributed by atoms with Crippen LogP contribution in [-0.2, 0) is 0 Å². The first-order valence-corrected chi connectivity index (χ1v) is 8.87. The number of aromatic nitrogens is 5. The molecule has 0 spiro atoms. The smallest absolute Gasteiger partial charge is 0.165 e. The molecule has 0 amide bonds. The van der Waals surface area contributed by atoms with Gasteiger partial charge in [0.1, 0.15) is 11.3 Å². The Bertz CT molecular complexity index is 1330. The maximum absolute atomic E-state index is 14.1. The first-order chi connectivity index (χ1) is 13.7. The van der Waals surface area contributed by atoms with Crippen molar-refractivity contribution in [2.45, 2.75) is 0 Å². The molecule has 6 nitrogen and oxygen atoms in total. The van der Waals surface area contributed by atoms with Crippen molar-refractivity contribution in [2.75, 3.05) is 5.32 Å². The van der Waals surface area contributed by atoms with Crippen LogP contribution in [0.4, 0.5) is 16.1 Å². The maximum Gasteiger partial charge on any atom is 0.165 e. The summed E-state index contributed by atoms with van der Waals surface area (Å²) in [6.45, 7) is 0. The Balaban J connectivity index is 1.71. The van der Waals surface area contributed by atoms with Crippen molar-refractivity contribution in [1.82, 2.24) is 25.0 Å². The quantitative estimate of drug-likeness (QED) is 0.460. The van der Waals surface area contributed by atoms with Gasteiger partial charge < -0.3 is 5.32 Å². The van der Waals surface area contributed by atoms with E-state index in [1.165, 1.54) is 0 Å². The molecule has 0 saturated heterocycles. The lowest BCUT2D eigenvalue weighted by Gasteiger charge is -2.10. The molecule has 0 radical (unpaired) electrons. The molecule has 0 aliphatic carbocycles. The van der Waals surface area contributed by atoms with Gasteiger partial charge in [-0.05, 0) is 36.4 Å². The number of hydrogen-bond acceptors (Lipinski definition) is 5. The lowest BCUT2D eigenvalue weighted by atomic mass is 10.2. The van der Waals surface area contributed by atoms with E-state index in [2.05, 4.69) is 25.4 Å². The molecule has 8 heteroatoms. The van der Waals surface area contributed by atoms with Crippen molar-refractivity contribution < 1.29 is 4.48 Å². The second-order valence-electron chi connectivity index (χ2n) is 6.10. The van der Waals surface area contributed by atoms with Gasteiger partial charge in [0.25, 0.3) is 0 Å². The van der Waals surface area contributed by atoms with E-state index in [1.807, 2.05) is 30.3 Å². The average Bonchev–Trinajstić information content (AvgIpc) is 3.04. The minimum atomic E-state index is 0.342. The highest BCUT2D eigenvalue weighted by molar-refractivity contribution is 6.33. The highest BCUT2D eigenvalue weighted by Crippen LogP contribution is 2.31. The Morgan fingerprint density at radius 1 is 0.857 bits per heavy atom. The summed E-state index contributed by atoms with van der Waals surface area (Å²) < 4.78 is 14.1. The molecular weight excluding hydrogens is 379 g/mol. The van der Waals surface area contributed by atoms with Gasteiger partial charge in [-0.2, -0.15) is 0 Å². The van der Waals surface area contributed by atoms with Crippen LogP contribution in [0.1, 0.15) is 0 Å². The van der Waals surface area contributed by atoms with E-state index in [9.17, 15) is 4.48 Å². The SMILES string of the molecule is Fn1nc(Nc2nc(-c3ccccc3Cl)nc3ncccc23)c2ccccc21. The van der Waals surface area contributed by atoms with Crippen LogP contribution in [0, 0.1) is 0 Å². The summed E-state index contributed by atoms with van der Waals surface area (Å²) >= 11 is 6.32. The first-order valence-electron chi connectivity index (χ1n) is 8.49. The summed E-state index contributed by atoms with van der Waals surface area (Å²) in [6.07, 6.45) is 1.65. The van der Waals surface area contributed by atoms with Crippen LogP contribution in [0.15, 0.2) is 66.9 Å². The molecule has 28 heavy (non-hydrogen) atoms. The van der Waals surface area contributed by atoms with Gasteiger partial charge in [-0.1, -0.05) is 45.3 Å². The molecule has 1 N–H and O–H groups in total. The van der Waals surface area contributed by atoms with Crippen molar-refractivity contribution in [3.05, 3.63) is 71.9 Å². The molecule has 3 aromatic heterocycles. The zero-order chi connectivity index (χ0) is 19.1. The largest absolute Gasteiger partial charge is 0.322 e. The molecule has 5 aromatic rings. The van der Waals surface area contributed by atoms with Crippen molar-refractivity contribution in [3.63, 3.8) is 0 Å². The molecule has 2 aromatic carbocycles. The van der Waals surface area contributed by atoms with Crippen molar-refractivity contribution in [3.8, 4) is 11.4 Å². The zero-order valence-electron chi connectivity index (χ0n) is 14.3. The van der Waals surface area contributed by atoms with Gasteiger partial charge in [-0.25, -0.2) is 15.0 Å². The third kappa shape index (κ3) is 2.73. The van der Waals surface area contributed by atoms with E-state index in [0.717, 1.165) is 0 Å². The fourth-order valence-electron chi connectivity index (χ4n) is 3.06. The molecule has 0 saturated carbocycles. The molecule has 0 bridgehead atoms. The number of rotatable bonds is 3. The zero-order valence-corrected chi connectivity index (χ0v) is 15.1. The van der Waals surface area contributed by atoms with Crippen LogP contribution in [-0.4, -0.2) is 25.0 Å². The molecule has 0 unspecified atom stereocenters. The Morgan fingerprint density at radius 2 is 1.64 bits per heavy atom. The maximum atomic E-state index is 14.1. The summed E-state index contributed by atoms with van der Waals surface area (Å²) in [5, 5.41) is 8.94. The molecule has 0 aliphatic rings. The minimum Gasteiger partial charge on any atom is -0.322 e. The number of anilines is 2. The van der Waals surface area contributed by atoms with Crippen LogP contribution in [0.3, 0.4) is 0 Å². The summed E-state index contributed by atoms with van der Waals surface area (Å²) in [7, 11) is 0. The Morgan fingerprint density at radius 3 is 2.54 bits per heavy atom. The summed E-state index contributed by atoms with van der Waals surface area (Å²) in [5.74, 6) is 1.24. The Kier molecular flexibility index (Phi) is 3.87. The number of pyridine rings is 1. The number of halogens is 2. The number of nitrogens with zero attached hydrogens (tertiary/aromatic N) is 5. The van der Waals surface area contributed by atoms with Crippen LogP contribution in [0.25, 0.3) is 33.3 Å². The van der Waals surface area contributed by atoms with Gasteiger partial charge in [0.05, 0.1) is 10.4 Å². The summed E-state index contributed by atoms with van der Waals surface area (Å²) in [4.78, 5) is 13.8. The van der Waals surface area contributed by atoms with Crippen LogP contribution < -0.4 is 5.32 Å². The monoisotopic (exact) mass is 390 g/mol. The fraction of sp³-hybridized carbons (Fsp3) is 0. The number of benzene rings is 2. The summed E-state index contributed by atoms with van der Waals surface area (Å²) in [6, 6.07) is 18.0. The topological polar surface area (TPSA) is 68.5 Å². The van der Waals surface area contributed by atoms with Gasteiger partial charge in [0.15, 0.2) is 17.3 Å². The number of para-hydroxylation sites is 1. The second kappa shape index (κ2) is 6.54. The van der Waals surface area contributed by atoms with Crippen molar-refractivity contribution in [1.29, 1.82) is 0 Å². The predicted molar refractivity (Wildman–Crippen MR) is 107 cm³/mol. The second-order valence-corrected chi connectivity index (χ2v) is 6.51. The van der Waals surface area contributed by atoms with E-state index in [0.29, 0.717) is 54.9 Å². The van der Waals surface area contributed by atoms with Crippen molar-refractivity contribution >= 4 is 45.2 Å². The van der Waals surface area contributed by atoms with Gasteiger partial charge in [0.2, 0.25) is 0 Å². The molecular formula is C20H12ClFN6. The molecule has 0 aliphatic heterocycles. The van der Waals surface area contributed by atoms with Crippen LogP contribution >= 0.6 is 11.6 Å². The van der Waals surface area contributed by atoms with Crippen LogP contribution in [0.2, 0.25) is 5.02 Å². The third-order valence-corrected chi connectivity index (χ3v) is 4.70. The minimum absolute atomic E-state index is 0.342. The Labute approximate surface area is 163 Å². The van der Waals surface area contributed by atoms with E-state index < -0.39 is 0 Å². The van der Waals surface area contributed by atoms with E-state index >= 15 is 0 Å². The van der Waals surface area contributed by atoms with Crippen LogP contribution in [0.5, 0.6) is 0 Å². The van der Waals surface area contributed by atoms with E-state index in [-0.39, 0.29) is 0 Å². The lowest BCUT2D eigenvalue weighted by molar-refractivity contribution is 0.334. The number of nitrogens with one attached hydrogen (secondary N) is 1. The molecule has 3 heterocycles. The normalized spacial score (nSPS) is 11.2. The van der Waals surface area contributed by atoms with Crippen molar-refractivity contribution in [2.24, 2.45) is 0 Å². The Hall–Kier alpha value is -3.58. The highest BCUT2D eigenvalue weighted by atomic mass is 35.5. The highest BCUT2D eigenvalue weighted by Gasteiger charge is 2.16. The molecule has 0 atom stereocenters. The first kappa shape index (κ1) is 16.6. The van der Waals surface area contributed by atoms with Gasteiger partial charge in [0, 0.05) is 17.1 Å². The van der Waals surface area contributed by atoms with Gasteiger partial charge in [-0.3, -0.25) is 0 Å². The standard InChI is InChI=1S/C20H12ClFN6/c21-15-9-3-1-6-12(15)18-24-17-14(8-5-11-23-17)19(25-18)26-20-13-7-2-4-10-16(13)28(22)27-20/h1-11H,(H,23,24,25,26,27). The van der Waals surface area contributed by atoms with E-state index in [1.54, 1.807) is 36.5 Å². The molecule has 136 valence electrons. The third-order valence-electron chi connectivity index (χ3n) is 4.37. The number of hydrogen-bond donors (Lipinski definition) is 1. The number of fused-ring (bicyclic) bond motifs is 2. The predicted octanol–water partition coefficient (Wildman–Crippen LogP) is 5.17. The van der Waals surface area contributed by atoms with Gasteiger partial charge in [-0.15, -0.1) is 5.10 Å². The summed E-state index contributed by atoms with van der Waals surface area (Å²) in [5.41, 5.74) is 1.55.